The molecular formula is C14H19ClN2O4S2. The van der Waals surface area contributed by atoms with Gasteiger partial charge in [-0.25, -0.2) is 8.42 Å². The molecule has 128 valence electrons. The summed E-state index contributed by atoms with van der Waals surface area (Å²) < 4.78 is 32.5. The second kappa shape index (κ2) is 7.06. The lowest BCUT2D eigenvalue weighted by atomic mass is 9.96. The molecule has 23 heavy (non-hydrogen) atoms. The van der Waals surface area contributed by atoms with Crippen LogP contribution >= 0.6 is 22.9 Å². The quantitative estimate of drug-likeness (QED) is 0.802. The van der Waals surface area contributed by atoms with E-state index in [0.717, 1.165) is 11.3 Å². The molecule has 2 saturated heterocycles. The molecular weight excluding hydrogens is 360 g/mol. The Bertz CT molecular complexity index is 662. The summed E-state index contributed by atoms with van der Waals surface area (Å²) in [6, 6.07) is 3.13. The van der Waals surface area contributed by atoms with Crippen LogP contribution in [0.15, 0.2) is 16.3 Å². The SMILES string of the molecule is O=C(C1CCN(S(=O)(=O)c2ccc(Cl)s2)CC1)N1CCOCC1. The van der Waals surface area contributed by atoms with Gasteiger partial charge in [-0.1, -0.05) is 11.6 Å². The Morgan fingerprint density at radius 1 is 1.17 bits per heavy atom. The zero-order chi connectivity index (χ0) is 16.4. The molecule has 0 aliphatic carbocycles. The van der Waals surface area contributed by atoms with Crippen molar-refractivity contribution in [3.8, 4) is 0 Å². The van der Waals surface area contributed by atoms with E-state index in [1.807, 2.05) is 4.90 Å². The van der Waals surface area contributed by atoms with Crippen LogP contribution in [-0.2, 0) is 19.6 Å². The first-order valence-corrected chi connectivity index (χ1v) is 10.2. The minimum Gasteiger partial charge on any atom is -0.378 e. The summed E-state index contributed by atoms with van der Waals surface area (Å²) in [5, 5.41) is 0. The number of carbonyl (C=O) groups excluding carboxylic acids is 1. The molecule has 1 amide bonds. The van der Waals surface area contributed by atoms with Gasteiger partial charge < -0.3 is 9.64 Å². The predicted molar refractivity (Wildman–Crippen MR) is 88.2 cm³/mol. The van der Waals surface area contributed by atoms with Gasteiger partial charge in [0.1, 0.15) is 4.21 Å². The Morgan fingerprint density at radius 2 is 1.83 bits per heavy atom. The number of morpholine rings is 1. The van der Waals surface area contributed by atoms with E-state index < -0.39 is 10.0 Å². The lowest BCUT2D eigenvalue weighted by molar-refractivity contribution is -0.140. The minimum absolute atomic E-state index is 0.0912. The molecule has 1 aromatic rings. The van der Waals surface area contributed by atoms with Gasteiger partial charge >= 0.3 is 0 Å². The zero-order valence-corrected chi connectivity index (χ0v) is 15.0. The van der Waals surface area contributed by atoms with Gasteiger partial charge in [0, 0.05) is 32.1 Å². The van der Waals surface area contributed by atoms with Gasteiger partial charge in [0.05, 0.1) is 17.6 Å². The van der Waals surface area contributed by atoms with Gasteiger partial charge in [0.15, 0.2) is 0 Å². The molecule has 2 aliphatic heterocycles. The maximum atomic E-state index is 12.5. The molecule has 0 N–H and O–H groups in total. The van der Waals surface area contributed by atoms with Crippen LogP contribution in [0.2, 0.25) is 4.34 Å². The molecule has 0 atom stereocenters. The monoisotopic (exact) mass is 378 g/mol. The van der Waals surface area contributed by atoms with Crippen molar-refractivity contribution in [3.63, 3.8) is 0 Å². The molecule has 6 nitrogen and oxygen atoms in total. The number of ether oxygens (including phenoxy) is 1. The summed E-state index contributed by atoms with van der Waals surface area (Å²) in [7, 11) is -3.49. The third-order valence-electron chi connectivity index (χ3n) is 4.27. The third kappa shape index (κ3) is 3.71. The highest BCUT2D eigenvalue weighted by Gasteiger charge is 2.34. The molecule has 0 spiro atoms. The molecule has 0 saturated carbocycles. The van der Waals surface area contributed by atoms with Gasteiger partial charge in [-0.2, -0.15) is 4.31 Å². The van der Waals surface area contributed by atoms with Crippen molar-refractivity contribution in [2.45, 2.75) is 17.1 Å². The number of amides is 1. The number of thiophene rings is 1. The highest BCUT2D eigenvalue weighted by atomic mass is 35.5. The van der Waals surface area contributed by atoms with Gasteiger partial charge in [-0.3, -0.25) is 4.79 Å². The molecule has 0 radical (unpaired) electrons. The van der Waals surface area contributed by atoms with E-state index in [0.29, 0.717) is 56.6 Å². The van der Waals surface area contributed by atoms with E-state index in [4.69, 9.17) is 16.3 Å². The largest absolute Gasteiger partial charge is 0.378 e. The molecule has 2 fully saturated rings. The molecule has 3 heterocycles. The van der Waals surface area contributed by atoms with Crippen LogP contribution in [0.3, 0.4) is 0 Å². The van der Waals surface area contributed by atoms with Crippen LogP contribution < -0.4 is 0 Å². The number of nitrogens with zero attached hydrogens (tertiary/aromatic N) is 2. The summed E-state index contributed by atoms with van der Waals surface area (Å²) in [4.78, 5) is 14.3. The van der Waals surface area contributed by atoms with E-state index in [9.17, 15) is 13.2 Å². The molecule has 9 heteroatoms. The summed E-state index contributed by atoms with van der Waals surface area (Å²) in [6.07, 6.45) is 1.13. The number of hydrogen-bond donors (Lipinski definition) is 0. The lowest BCUT2D eigenvalue weighted by Crippen LogP contribution is -2.47. The fourth-order valence-electron chi connectivity index (χ4n) is 2.95. The fraction of sp³-hybridized carbons (Fsp3) is 0.643. The Labute approximate surface area is 145 Å². The first-order chi connectivity index (χ1) is 11.0. The summed E-state index contributed by atoms with van der Waals surface area (Å²) in [5.74, 6) is 0.0380. The van der Waals surface area contributed by atoms with Gasteiger partial charge in [0.25, 0.3) is 10.0 Å². The smallest absolute Gasteiger partial charge is 0.252 e. The van der Waals surface area contributed by atoms with Crippen molar-refractivity contribution < 1.29 is 17.9 Å². The lowest BCUT2D eigenvalue weighted by Gasteiger charge is -2.34. The maximum absolute atomic E-state index is 12.5. The Balaban J connectivity index is 1.60. The minimum atomic E-state index is -3.49. The van der Waals surface area contributed by atoms with Crippen molar-refractivity contribution >= 4 is 38.9 Å². The number of rotatable bonds is 3. The number of halogens is 1. The molecule has 0 unspecified atom stereocenters. The summed E-state index contributed by atoms with van der Waals surface area (Å²) >= 11 is 6.90. The van der Waals surface area contributed by atoms with Crippen LogP contribution in [0.5, 0.6) is 0 Å². The van der Waals surface area contributed by atoms with Crippen molar-refractivity contribution in [2.24, 2.45) is 5.92 Å². The van der Waals surface area contributed by atoms with Gasteiger partial charge in [-0.15, -0.1) is 11.3 Å². The van der Waals surface area contributed by atoms with E-state index in [1.165, 1.54) is 10.4 Å². The van der Waals surface area contributed by atoms with Crippen LogP contribution in [0.4, 0.5) is 0 Å². The van der Waals surface area contributed by atoms with E-state index >= 15 is 0 Å². The van der Waals surface area contributed by atoms with E-state index in [-0.39, 0.29) is 16.0 Å². The molecule has 3 rings (SSSR count). The van der Waals surface area contributed by atoms with Crippen molar-refractivity contribution in [1.82, 2.24) is 9.21 Å². The van der Waals surface area contributed by atoms with Crippen LogP contribution in [0.25, 0.3) is 0 Å². The molecule has 2 aliphatic rings. The number of hydrogen-bond acceptors (Lipinski definition) is 5. The van der Waals surface area contributed by atoms with E-state index in [2.05, 4.69) is 0 Å². The Morgan fingerprint density at radius 3 is 2.39 bits per heavy atom. The summed E-state index contributed by atoms with van der Waals surface area (Å²) in [6.45, 7) is 3.17. The van der Waals surface area contributed by atoms with Crippen molar-refractivity contribution in [1.29, 1.82) is 0 Å². The number of piperidine rings is 1. The first kappa shape index (κ1) is 17.2. The number of sulfonamides is 1. The zero-order valence-electron chi connectivity index (χ0n) is 12.6. The fourth-order valence-corrected chi connectivity index (χ4v) is 6.06. The normalized spacial score (nSPS) is 21.5. The van der Waals surface area contributed by atoms with Gasteiger partial charge in [-0.05, 0) is 25.0 Å². The maximum Gasteiger partial charge on any atom is 0.252 e. The second-order valence-electron chi connectivity index (χ2n) is 5.67. The van der Waals surface area contributed by atoms with Crippen molar-refractivity contribution in [2.75, 3.05) is 39.4 Å². The average molecular weight is 379 g/mol. The Hall–Kier alpha value is -0.670. The third-order valence-corrected chi connectivity index (χ3v) is 7.87. The summed E-state index contributed by atoms with van der Waals surface area (Å²) in [5.41, 5.74) is 0. The second-order valence-corrected chi connectivity index (χ2v) is 9.55. The van der Waals surface area contributed by atoms with Crippen molar-refractivity contribution in [3.05, 3.63) is 16.5 Å². The molecule has 0 bridgehead atoms. The number of carbonyl (C=O) groups is 1. The Kier molecular flexibility index (Phi) is 5.27. The van der Waals surface area contributed by atoms with E-state index in [1.54, 1.807) is 6.07 Å². The molecule has 1 aromatic heterocycles. The first-order valence-electron chi connectivity index (χ1n) is 7.60. The van der Waals surface area contributed by atoms with Gasteiger partial charge in [0.2, 0.25) is 5.91 Å². The standard InChI is InChI=1S/C14H19ClN2O4S2/c15-12-1-2-13(22-12)23(19,20)17-5-3-11(4-6-17)14(18)16-7-9-21-10-8-16/h1-2,11H,3-10H2. The molecule has 0 aromatic carbocycles. The highest BCUT2D eigenvalue weighted by Crippen LogP contribution is 2.31. The topological polar surface area (TPSA) is 66.9 Å². The highest BCUT2D eigenvalue weighted by molar-refractivity contribution is 7.91. The predicted octanol–water partition coefficient (Wildman–Crippen LogP) is 1.66. The van der Waals surface area contributed by atoms with Crippen LogP contribution in [0, 0.1) is 5.92 Å². The average Bonchev–Trinajstić information content (AvgIpc) is 3.02. The van der Waals surface area contributed by atoms with Crippen LogP contribution in [0.1, 0.15) is 12.8 Å². The van der Waals surface area contributed by atoms with Crippen LogP contribution in [-0.4, -0.2) is 62.9 Å².